The molecule has 3 aliphatic heterocycles. The van der Waals surface area contributed by atoms with Crippen LogP contribution in [0.4, 0.5) is 5.82 Å². The second-order valence-corrected chi connectivity index (χ2v) is 18.7. The molecule has 0 spiro atoms. The monoisotopic (exact) mass is 898 g/mol. The predicted molar refractivity (Wildman–Crippen MR) is 246 cm³/mol. The SMILES string of the molecule is COc1ccc(C(OC[C@H]2O[C@@H](n3cnc4c(NC(=O)c5ccccc5)ncnc43)[C@H](OC)[C@@H]2O[P@]2O[C@](C)(C3CCCC3)[C@@H]3CCCN32)(c2ccccc2)c2ccc(OC)cc2)cc1. The van der Waals surface area contributed by atoms with E-state index in [2.05, 4.69) is 39.0 Å². The van der Waals surface area contributed by atoms with Crippen LogP contribution >= 0.6 is 8.53 Å². The van der Waals surface area contributed by atoms with Crippen LogP contribution in [0.25, 0.3) is 11.2 Å². The summed E-state index contributed by atoms with van der Waals surface area (Å²) in [6.45, 7) is 3.30. The summed E-state index contributed by atoms with van der Waals surface area (Å²) < 4.78 is 51.2. The third-order valence-electron chi connectivity index (χ3n) is 13.8. The Morgan fingerprint density at radius 3 is 2.09 bits per heavy atom. The Morgan fingerprint density at radius 1 is 0.800 bits per heavy atom. The normalized spacial score (nSPS) is 25.8. The summed E-state index contributed by atoms with van der Waals surface area (Å²) >= 11 is 0. The van der Waals surface area contributed by atoms with Gasteiger partial charge in [-0.15, -0.1) is 0 Å². The fourth-order valence-electron chi connectivity index (χ4n) is 10.5. The summed E-state index contributed by atoms with van der Waals surface area (Å²) in [6, 6.07) is 35.4. The van der Waals surface area contributed by atoms with E-state index in [0.29, 0.717) is 22.6 Å². The van der Waals surface area contributed by atoms with Gasteiger partial charge in [-0.25, -0.2) is 19.6 Å². The van der Waals surface area contributed by atoms with Gasteiger partial charge in [0.1, 0.15) is 41.7 Å². The van der Waals surface area contributed by atoms with Crippen LogP contribution < -0.4 is 14.8 Å². The van der Waals surface area contributed by atoms with Gasteiger partial charge < -0.3 is 38.0 Å². The summed E-state index contributed by atoms with van der Waals surface area (Å²) in [5, 5.41) is 2.93. The fraction of sp³-hybridized carbons (Fsp3) is 0.400. The molecule has 6 aromatic rings. The highest BCUT2D eigenvalue weighted by Crippen LogP contribution is 2.64. The first-order valence-corrected chi connectivity index (χ1v) is 23.6. The minimum atomic E-state index is -1.50. The standard InChI is InChI=1S/C50H55N6O8P/c1-49(34-16-11-12-17-34)41-20-13-29-56(41)65(64-49)63-43-40(62-48(44(43)60-4)55-32-53-42-45(51-31-52-46(42)55)54-47(57)33-14-7-5-8-15-33)30-61-50(35-18-9-6-10-19-35,36-21-25-38(58-2)26-22-36)37-23-27-39(59-3)28-24-37/h5-10,14-15,18-19,21-28,31-32,34,40-41,43-44,48H,11-13,16-17,20,29-30H2,1-4H3,(H,51,52,54,57)/t40-,41+,43-,44-,48-,49-,65-/m1/s1. The number of rotatable bonds is 15. The zero-order valence-corrected chi connectivity index (χ0v) is 38.0. The van der Waals surface area contributed by atoms with E-state index in [0.717, 1.165) is 60.4 Å². The van der Waals surface area contributed by atoms with E-state index >= 15 is 0 Å². The lowest BCUT2D eigenvalue weighted by Crippen LogP contribution is -2.44. The smallest absolute Gasteiger partial charge is 0.260 e. The van der Waals surface area contributed by atoms with Gasteiger partial charge in [0.15, 0.2) is 23.2 Å². The van der Waals surface area contributed by atoms with Crippen LogP contribution in [0.2, 0.25) is 0 Å². The number of carbonyl (C=O) groups excluding carboxylic acids is 1. The Labute approximate surface area is 380 Å². The number of fused-ring (bicyclic) bond motifs is 2. The minimum Gasteiger partial charge on any atom is -0.497 e. The molecule has 4 aromatic carbocycles. The first-order chi connectivity index (χ1) is 31.8. The zero-order chi connectivity index (χ0) is 44.5. The Bertz CT molecular complexity index is 2520. The first-order valence-electron chi connectivity index (χ1n) is 22.5. The number of hydrogen-bond acceptors (Lipinski definition) is 12. The number of anilines is 1. The summed E-state index contributed by atoms with van der Waals surface area (Å²) in [5.41, 5.74) is 2.64. The lowest BCUT2D eigenvalue weighted by molar-refractivity contribution is -0.0937. The molecular weight excluding hydrogens is 844 g/mol. The molecule has 1 amide bonds. The van der Waals surface area contributed by atoms with Gasteiger partial charge in [-0.3, -0.25) is 9.36 Å². The fourth-order valence-corrected chi connectivity index (χ4v) is 12.7. The summed E-state index contributed by atoms with van der Waals surface area (Å²) in [5.74, 6) is 1.90. The predicted octanol–water partition coefficient (Wildman–Crippen LogP) is 9.07. The lowest BCUT2D eigenvalue weighted by Gasteiger charge is -2.37. The number of hydrogen-bond donors (Lipinski definition) is 1. The second kappa shape index (κ2) is 18.5. The van der Waals surface area contributed by atoms with E-state index in [1.165, 1.54) is 19.2 Å². The van der Waals surface area contributed by atoms with Crippen molar-refractivity contribution in [2.24, 2.45) is 5.92 Å². The molecule has 4 fully saturated rings. The highest BCUT2D eigenvalue weighted by molar-refractivity contribution is 7.45. The quantitative estimate of drug-likeness (QED) is 0.0777. The number of carbonyl (C=O) groups is 1. The zero-order valence-electron chi connectivity index (χ0n) is 37.1. The van der Waals surface area contributed by atoms with E-state index in [-0.39, 0.29) is 30.0 Å². The van der Waals surface area contributed by atoms with Crippen molar-refractivity contribution in [3.05, 3.63) is 144 Å². The van der Waals surface area contributed by atoms with Crippen molar-refractivity contribution in [3.63, 3.8) is 0 Å². The average Bonchev–Trinajstić information content (AvgIpc) is 4.22. The van der Waals surface area contributed by atoms with Crippen LogP contribution in [-0.2, 0) is 28.9 Å². The van der Waals surface area contributed by atoms with Gasteiger partial charge in [0, 0.05) is 25.3 Å². The first kappa shape index (κ1) is 43.6. The number of ether oxygens (including phenoxy) is 5. The molecule has 65 heavy (non-hydrogen) atoms. The molecule has 14 nitrogen and oxygen atoms in total. The molecule has 0 radical (unpaired) electrons. The third-order valence-corrected chi connectivity index (χ3v) is 15.7. The van der Waals surface area contributed by atoms with E-state index in [4.69, 9.17) is 37.7 Å². The van der Waals surface area contributed by atoms with Crippen molar-refractivity contribution < 1.29 is 37.5 Å². The van der Waals surface area contributed by atoms with Gasteiger partial charge in [0.05, 0.1) is 32.8 Å². The average molecular weight is 899 g/mol. The number of methoxy groups -OCH3 is 3. The molecule has 4 aliphatic rings. The largest absolute Gasteiger partial charge is 0.497 e. The third kappa shape index (κ3) is 7.99. The topological polar surface area (TPSA) is 141 Å². The van der Waals surface area contributed by atoms with Crippen LogP contribution in [0, 0.1) is 5.92 Å². The van der Waals surface area contributed by atoms with Gasteiger partial charge in [-0.2, -0.15) is 0 Å². The van der Waals surface area contributed by atoms with E-state index in [1.54, 1.807) is 39.8 Å². The van der Waals surface area contributed by atoms with Gasteiger partial charge in [-0.05, 0) is 91.6 Å². The molecule has 10 rings (SSSR count). The lowest BCUT2D eigenvalue weighted by atomic mass is 9.80. The molecule has 1 saturated carbocycles. The van der Waals surface area contributed by atoms with Crippen molar-refractivity contribution in [2.45, 2.75) is 87.2 Å². The molecule has 1 aliphatic carbocycles. The number of amides is 1. The molecular formula is C50H55N6O8P. The van der Waals surface area contributed by atoms with Crippen molar-refractivity contribution in [1.29, 1.82) is 0 Å². The maximum atomic E-state index is 13.3. The summed E-state index contributed by atoms with van der Waals surface area (Å²) in [4.78, 5) is 27.1. The van der Waals surface area contributed by atoms with Crippen LogP contribution in [0.5, 0.6) is 11.5 Å². The Kier molecular flexibility index (Phi) is 12.4. The Hall–Kier alpha value is -5.31. The Morgan fingerprint density at radius 2 is 1.45 bits per heavy atom. The maximum Gasteiger partial charge on any atom is 0.260 e. The van der Waals surface area contributed by atoms with Crippen LogP contribution in [-0.4, -0.2) is 94.5 Å². The molecule has 338 valence electrons. The molecule has 0 unspecified atom stereocenters. The second-order valence-electron chi connectivity index (χ2n) is 17.3. The number of imidazole rings is 1. The van der Waals surface area contributed by atoms with Crippen LogP contribution in [0.3, 0.4) is 0 Å². The van der Waals surface area contributed by atoms with Crippen molar-refractivity contribution >= 4 is 31.4 Å². The molecule has 15 heteroatoms. The number of aromatic nitrogens is 4. The molecule has 2 aromatic heterocycles. The van der Waals surface area contributed by atoms with Crippen molar-refractivity contribution in [3.8, 4) is 11.5 Å². The molecule has 5 heterocycles. The number of nitrogens with zero attached hydrogens (tertiary/aromatic N) is 5. The maximum absolute atomic E-state index is 13.3. The van der Waals surface area contributed by atoms with Crippen LogP contribution in [0.15, 0.2) is 122 Å². The molecule has 3 saturated heterocycles. The van der Waals surface area contributed by atoms with Gasteiger partial charge >= 0.3 is 0 Å². The van der Waals surface area contributed by atoms with E-state index in [1.807, 2.05) is 89.5 Å². The van der Waals surface area contributed by atoms with Crippen molar-refractivity contribution in [2.75, 3.05) is 39.8 Å². The Balaban J connectivity index is 1.04. The molecule has 0 bridgehead atoms. The highest BCUT2D eigenvalue weighted by Gasteiger charge is 2.60. The minimum absolute atomic E-state index is 0.0838. The molecule has 7 atom stereocenters. The van der Waals surface area contributed by atoms with E-state index < -0.39 is 38.7 Å². The van der Waals surface area contributed by atoms with E-state index in [9.17, 15) is 4.79 Å². The number of nitrogens with one attached hydrogen (secondary N) is 1. The summed E-state index contributed by atoms with van der Waals surface area (Å²) in [7, 11) is 3.50. The van der Waals surface area contributed by atoms with Gasteiger partial charge in [0.25, 0.3) is 14.4 Å². The van der Waals surface area contributed by atoms with Crippen molar-refractivity contribution in [1.82, 2.24) is 24.2 Å². The van der Waals surface area contributed by atoms with Gasteiger partial charge in [0.2, 0.25) is 0 Å². The van der Waals surface area contributed by atoms with Gasteiger partial charge in [-0.1, -0.05) is 85.6 Å². The molecule has 1 N–H and O–H groups in total. The summed E-state index contributed by atoms with van der Waals surface area (Å²) in [6.07, 6.45) is 7.27. The van der Waals surface area contributed by atoms with Crippen LogP contribution in [0.1, 0.15) is 78.7 Å². The number of benzene rings is 4. The highest BCUT2D eigenvalue weighted by atomic mass is 31.2.